The van der Waals surface area contributed by atoms with Gasteiger partial charge in [-0.1, -0.05) is 19.1 Å². The number of benzene rings is 1. The molecule has 2 rings (SSSR count). The lowest BCUT2D eigenvalue weighted by molar-refractivity contribution is -0.137. The van der Waals surface area contributed by atoms with Crippen molar-refractivity contribution in [2.45, 2.75) is 32.5 Å². The summed E-state index contributed by atoms with van der Waals surface area (Å²) in [4.78, 5) is 35.1. The fourth-order valence-electron chi connectivity index (χ4n) is 2.18. The normalized spacial score (nSPS) is 12.2. The van der Waals surface area contributed by atoms with Crippen LogP contribution in [0.5, 0.6) is 0 Å². The Labute approximate surface area is 164 Å². The summed E-state index contributed by atoms with van der Waals surface area (Å²) in [5, 5.41) is 4.51. The number of imide groups is 1. The van der Waals surface area contributed by atoms with E-state index in [-0.39, 0.29) is 23.1 Å². The summed E-state index contributed by atoms with van der Waals surface area (Å²) in [6.45, 7) is 2.88. The molecule has 2 N–H and O–H groups in total. The van der Waals surface area contributed by atoms with Crippen LogP contribution < -0.4 is 10.6 Å². The maximum absolute atomic E-state index is 12.8. The Kier molecular flexibility index (Phi) is 7.03. The summed E-state index contributed by atoms with van der Waals surface area (Å²) < 4.78 is 48.4. The molecule has 3 amide bonds. The fraction of sp³-hybridized carbons (Fsp3) is 0.316. The van der Waals surface area contributed by atoms with Crippen LogP contribution in [0.25, 0.3) is 11.3 Å². The topological polar surface area (TPSA) is 97.6 Å². The van der Waals surface area contributed by atoms with E-state index in [2.05, 4.69) is 5.32 Å². The predicted octanol–water partition coefficient (Wildman–Crippen LogP) is 3.75. The summed E-state index contributed by atoms with van der Waals surface area (Å²) in [5.41, 5.74) is -0.735. The van der Waals surface area contributed by atoms with Gasteiger partial charge in [-0.25, -0.2) is 9.59 Å². The Morgan fingerprint density at radius 3 is 2.55 bits per heavy atom. The number of hydrogen-bond acceptors (Lipinski definition) is 5. The van der Waals surface area contributed by atoms with Gasteiger partial charge >= 0.3 is 18.2 Å². The monoisotopic (exact) mass is 412 g/mol. The molecule has 0 fully saturated rings. The minimum absolute atomic E-state index is 0.0282. The van der Waals surface area contributed by atoms with Gasteiger partial charge < -0.3 is 14.5 Å². The van der Waals surface area contributed by atoms with Crippen molar-refractivity contribution in [3.63, 3.8) is 0 Å². The number of hydrogen-bond donors (Lipinski definition) is 2. The van der Waals surface area contributed by atoms with Crippen molar-refractivity contribution in [3.8, 4) is 11.3 Å². The predicted molar refractivity (Wildman–Crippen MR) is 95.9 cm³/mol. The molecule has 0 saturated carbocycles. The van der Waals surface area contributed by atoms with Gasteiger partial charge in [0.15, 0.2) is 6.61 Å². The third-order valence-electron chi connectivity index (χ3n) is 3.86. The molecule has 2 aromatic rings. The Morgan fingerprint density at radius 2 is 1.90 bits per heavy atom. The first-order valence-corrected chi connectivity index (χ1v) is 8.65. The zero-order valence-electron chi connectivity index (χ0n) is 15.6. The number of carbonyl (C=O) groups is 3. The highest BCUT2D eigenvalue weighted by Crippen LogP contribution is 2.32. The number of amides is 3. The smallest absolute Gasteiger partial charge is 0.416 e. The van der Waals surface area contributed by atoms with Crippen molar-refractivity contribution < 1.29 is 36.7 Å². The minimum atomic E-state index is -4.51. The van der Waals surface area contributed by atoms with Crippen LogP contribution in [0.2, 0.25) is 0 Å². The highest BCUT2D eigenvalue weighted by atomic mass is 19.4. The van der Waals surface area contributed by atoms with Gasteiger partial charge in [0.2, 0.25) is 5.76 Å². The molecular formula is C19H19F3N2O5. The average molecular weight is 412 g/mol. The summed E-state index contributed by atoms with van der Waals surface area (Å²) in [7, 11) is 0. The highest BCUT2D eigenvalue weighted by Gasteiger charge is 2.30. The molecular weight excluding hydrogens is 393 g/mol. The highest BCUT2D eigenvalue weighted by molar-refractivity contribution is 5.96. The van der Waals surface area contributed by atoms with Crippen molar-refractivity contribution >= 4 is 17.9 Å². The number of carbonyl (C=O) groups excluding carboxylic acids is 3. The molecule has 0 aliphatic carbocycles. The van der Waals surface area contributed by atoms with Crippen LogP contribution in [-0.2, 0) is 15.7 Å². The van der Waals surface area contributed by atoms with Crippen molar-refractivity contribution in [3.05, 3.63) is 47.7 Å². The molecule has 0 unspecified atom stereocenters. The van der Waals surface area contributed by atoms with Crippen LogP contribution in [0.4, 0.5) is 18.0 Å². The van der Waals surface area contributed by atoms with E-state index in [1.54, 1.807) is 6.92 Å². The Hall–Kier alpha value is -3.30. The first-order valence-electron chi connectivity index (χ1n) is 8.65. The van der Waals surface area contributed by atoms with Crippen molar-refractivity contribution in [2.75, 3.05) is 6.61 Å². The quantitative estimate of drug-likeness (QED) is 0.705. The van der Waals surface area contributed by atoms with Crippen LogP contribution in [0, 0.1) is 0 Å². The van der Waals surface area contributed by atoms with Gasteiger partial charge in [-0.2, -0.15) is 13.2 Å². The summed E-state index contributed by atoms with van der Waals surface area (Å²) in [6, 6.07) is 6.08. The second kappa shape index (κ2) is 9.26. The fourth-order valence-corrected chi connectivity index (χ4v) is 2.18. The summed E-state index contributed by atoms with van der Waals surface area (Å²) in [5.74, 6) is -2.11. The molecule has 1 aromatic heterocycles. The van der Waals surface area contributed by atoms with Gasteiger partial charge in [-0.05, 0) is 37.6 Å². The van der Waals surface area contributed by atoms with E-state index < -0.39 is 36.3 Å². The first kappa shape index (κ1) is 22.0. The second-order valence-electron chi connectivity index (χ2n) is 6.15. The molecule has 1 heterocycles. The first-order chi connectivity index (χ1) is 13.6. The van der Waals surface area contributed by atoms with Gasteiger partial charge in [0.1, 0.15) is 5.76 Å². The van der Waals surface area contributed by atoms with Crippen molar-refractivity contribution in [2.24, 2.45) is 0 Å². The summed E-state index contributed by atoms with van der Waals surface area (Å²) >= 11 is 0. The van der Waals surface area contributed by atoms with Gasteiger partial charge in [-0.15, -0.1) is 0 Å². The number of urea groups is 1. The Morgan fingerprint density at radius 1 is 1.17 bits per heavy atom. The van der Waals surface area contributed by atoms with E-state index in [0.29, 0.717) is 6.42 Å². The standard InChI is InChI=1S/C19H19F3N2O5/c1-3-11(2)23-18(27)24-16(25)10-28-17(26)15-8-7-14(29-15)12-5-4-6-13(9-12)19(20,21)22/h4-9,11H,3,10H2,1-2H3,(H2,23,24,25,27)/t11-/m0/s1. The zero-order chi connectivity index (χ0) is 21.6. The SMILES string of the molecule is CC[C@H](C)NC(=O)NC(=O)COC(=O)c1ccc(-c2cccc(C(F)(F)F)c2)o1. The van der Waals surface area contributed by atoms with Crippen molar-refractivity contribution in [1.82, 2.24) is 10.6 Å². The molecule has 156 valence electrons. The largest absolute Gasteiger partial charge is 0.450 e. The molecule has 0 saturated heterocycles. The van der Waals surface area contributed by atoms with Gasteiger partial charge in [0, 0.05) is 11.6 Å². The van der Waals surface area contributed by atoms with E-state index in [0.717, 1.165) is 12.1 Å². The lowest BCUT2D eigenvalue weighted by atomic mass is 10.1. The molecule has 0 bridgehead atoms. The number of furan rings is 1. The van der Waals surface area contributed by atoms with Crippen LogP contribution in [-0.4, -0.2) is 30.6 Å². The molecule has 1 atom stereocenters. The Balaban J connectivity index is 1.94. The van der Waals surface area contributed by atoms with E-state index in [9.17, 15) is 27.6 Å². The molecule has 1 aromatic carbocycles. The maximum Gasteiger partial charge on any atom is 0.416 e. The van der Waals surface area contributed by atoms with Crippen LogP contribution in [0.1, 0.15) is 36.4 Å². The number of rotatable bonds is 6. The summed E-state index contributed by atoms with van der Waals surface area (Å²) in [6.07, 6.45) is -3.84. The van der Waals surface area contributed by atoms with Gasteiger partial charge in [0.25, 0.3) is 5.91 Å². The minimum Gasteiger partial charge on any atom is -0.450 e. The molecule has 29 heavy (non-hydrogen) atoms. The number of nitrogens with one attached hydrogen (secondary N) is 2. The molecule has 0 radical (unpaired) electrons. The third kappa shape index (κ3) is 6.37. The Bertz CT molecular complexity index is 892. The van der Waals surface area contributed by atoms with E-state index in [4.69, 9.17) is 9.15 Å². The van der Waals surface area contributed by atoms with Crippen LogP contribution >= 0.6 is 0 Å². The zero-order valence-corrected chi connectivity index (χ0v) is 15.6. The third-order valence-corrected chi connectivity index (χ3v) is 3.86. The van der Waals surface area contributed by atoms with Crippen LogP contribution in [0.15, 0.2) is 40.8 Å². The second-order valence-corrected chi connectivity index (χ2v) is 6.15. The van der Waals surface area contributed by atoms with Gasteiger partial charge in [0.05, 0.1) is 5.56 Å². The van der Waals surface area contributed by atoms with Crippen LogP contribution in [0.3, 0.4) is 0 Å². The molecule has 7 nitrogen and oxygen atoms in total. The lowest BCUT2D eigenvalue weighted by Gasteiger charge is -2.11. The van der Waals surface area contributed by atoms with E-state index >= 15 is 0 Å². The maximum atomic E-state index is 12.8. The number of halogens is 3. The van der Waals surface area contributed by atoms with E-state index in [1.807, 2.05) is 12.2 Å². The molecule has 0 spiro atoms. The number of alkyl halides is 3. The average Bonchev–Trinajstić information content (AvgIpc) is 3.15. The molecule has 0 aliphatic heterocycles. The van der Waals surface area contributed by atoms with Crippen molar-refractivity contribution in [1.29, 1.82) is 0 Å². The van der Waals surface area contributed by atoms with Gasteiger partial charge in [-0.3, -0.25) is 10.1 Å². The number of ether oxygens (including phenoxy) is 1. The van der Waals surface area contributed by atoms with E-state index in [1.165, 1.54) is 24.3 Å². The number of esters is 1. The molecule has 0 aliphatic rings. The molecule has 10 heteroatoms. The lowest BCUT2D eigenvalue weighted by Crippen LogP contribution is -2.44.